The summed E-state index contributed by atoms with van der Waals surface area (Å²) in [6, 6.07) is 24.8. The van der Waals surface area contributed by atoms with Crippen LogP contribution in [0.25, 0.3) is 10.9 Å². The maximum absolute atomic E-state index is 14.8. The highest BCUT2D eigenvalue weighted by Crippen LogP contribution is 2.49. The van der Waals surface area contributed by atoms with Crippen LogP contribution in [0.2, 0.25) is 0 Å². The normalized spacial score (nSPS) is 19.4. The first kappa shape index (κ1) is 25.6. The highest BCUT2D eigenvalue weighted by atomic mass is 16.5. The van der Waals surface area contributed by atoms with Crippen molar-refractivity contribution < 1.29 is 14.3 Å². The number of hydrogen-bond donors (Lipinski definition) is 1. The monoisotopic (exact) mass is 509 g/mol. The van der Waals surface area contributed by atoms with Crippen molar-refractivity contribution in [3.63, 3.8) is 0 Å². The molecule has 2 heterocycles. The van der Waals surface area contributed by atoms with E-state index in [1.54, 1.807) is 12.0 Å². The molecule has 1 N–H and O–H groups in total. The van der Waals surface area contributed by atoms with Gasteiger partial charge in [0.05, 0.1) is 18.2 Å². The Balaban J connectivity index is 1.79. The first-order chi connectivity index (χ1) is 18.1. The second-order valence-corrected chi connectivity index (χ2v) is 11.3. The maximum Gasteiger partial charge on any atom is 0.249 e. The number of carbonyl (C=O) groups excluding carboxylic acids is 2. The van der Waals surface area contributed by atoms with Crippen molar-refractivity contribution in [2.45, 2.75) is 51.2 Å². The maximum atomic E-state index is 14.8. The van der Waals surface area contributed by atoms with E-state index in [0.717, 1.165) is 39.0 Å². The van der Waals surface area contributed by atoms with Crippen molar-refractivity contribution >= 4 is 22.7 Å². The Hall–Kier alpha value is -4.06. The van der Waals surface area contributed by atoms with Crippen LogP contribution >= 0.6 is 0 Å². The smallest absolute Gasteiger partial charge is 0.249 e. The number of nitrogens with one attached hydrogen (secondary N) is 1. The van der Waals surface area contributed by atoms with Crippen LogP contribution in [0.15, 0.2) is 78.9 Å². The Morgan fingerprint density at radius 2 is 1.61 bits per heavy atom. The van der Waals surface area contributed by atoms with Gasteiger partial charge in [-0.05, 0) is 57.0 Å². The minimum Gasteiger partial charge on any atom is -0.497 e. The first-order valence-electron chi connectivity index (χ1n) is 13.0. The number of hydrogen-bond acceptors (Lipinski definition) is 3. The SMILES string of the molecule is COc1ccc(CN2C(=O)[C@@](C)(c3ccccc3)c3c(n(C)c4ccccc34)[C@@H]2C(=O)NC(C)(C)C)cc1. The number of para-hydroxylation sites is 1. The van der Waals surface area contributed by atoms with E-state index in [1.807, 2.05) is 101 Å². The Kier molecular flexibility index (Phi) is 6.30. The fourth-order valence-electron chi connectivity index (χ4n) is 5.75. The van der Waals surface area contributed by atoms with Crippen LogP contribution in [0.1, 0.15) is 56.1 Å². The van der Waals surface area contributed by atoms with Gasteiger partial charge in [0.2, 0.25) is 11.8 Å². The number of nitrogens with zero attached hydrogens (tertiary/aromatic N) is 2. The molecule has 1 aliphatic heterocycles. The van der Waals surface area contributed by atoms with Crippen LogP contribution in [0.3, 0.4) is 0 Å². The van der Waals surface area contributed by atoms with E-state index < -0.39 is 17.0 Å². The third kappa shape index (κ3) is 4.14. The lowest BCUT2D eigenvalue weighted by Gasteiger charge is -2.45. The number of aromatic nitrogens is 1. The molecule has 0 saturated heterocycles. The lowest BCUT2D eigenvalue weighted by atomic mass is 9.70. The lowest BCUT2D eigenvalue weighted by molar-refractivity contribution is -0.147. The molecule has 3 aromatic carbocycles. The third-order valence-electron chi connectivity index (χ3n) is 7.52. The summed E-state index contributed by atoms with van der Waals surface area (Å²) in [5, 5.41) is 4.15. The van der Waals surface area contributed by atoms with Gasteiger partial charge >= 0.3 is 0 Å². The van der Waals surface area contributed by atoms with E-state index in [2.05, 4.69) is 22.0 Å². The number of carbonyl (C=O) groups is 2. The summed E-state index contributed by atoms with van der Waals surface area (Å²) < 4.78 is 7.42. The zero-order valence-electron chi connectivity index (χ0n) is 22.9. The van der Waals surface area contributed by atoms with Crippen LogP contribution in [-0.4, -0.2) is 33.9 Å². The van der Waals surface area contributed by atoms with E-state index in [0.29, 0.717) is 0 Å². The summed E-state index contributed by atoms with van der Waals surface area (Å²) in [5.74, 6) is 0.449. The van der Waals surface area contributed by atoms with E-state index in [9.17, 15) is 9.59 Å². The summed E-state index contributed by atoms with van der Waals surface area (Å²) >= 11 is 0. The molecule has 1 aliphatic rings. The van der Waals surface area contributed by atoms with Crippen molar-refractivity contribution in [3.8, 4) is 5.75 Å². The van der Waals surface area contributed by atoms with Gasteiger partial charge in [-0.1, -0.05) is 60.7 Å². The third-order valence-corrected chi connectivity index (χ3v) is 7.52. The van der Waals surface area contributed by atoms with Crippen molar-refractivity contribution in [1.82, 2.24) is 14.8 Å². The Labute approximate surface area is 224 Å². The molecule has 38 heavy (non-hydrogen) atoms. The average Bonchev–Trinajstić information content (AvgIpc) is 3.19. The molecule has 0 spiro atoms. The molecule has 2 amide bonds. The van der Waals surface area contributed by atoms with Gasteiger partial charge < -0.3 is 19.5 Å². The second kappa shape index (κ2) is 9.35. The van der Waals surface area contributed by atoms with Crippen LogP contribution in [0, 0.1) is 0 Å². The molecule has 0 unspecified atom stereocenters. The fraction of sp³-hybridized carbons (Fsp3) is 0.312. The molecule has 5 rings (SSSR count). The number of ether oxygens (including phenoxy) is 1. The van der Waals surface area contributed by atoms with E-state index in [-0.39, 0.29) is 18.4 Å². The summed E-state index contributed by atoms with van der Waals surface area (Å²) in [6.45, 7) is 8.16. The molecule has 0 saturated carbocycles. The Morgan fingerprint density at radius 3 is 2.24 bits per heavy atom. The number of amides is 2. The van der Waals surface area contributed by atoms with Crippen molar-refractivity contribution in [2.24, 2.45) is 7.05 Å². The van der Waals surface area contributed by atoms with E-state index in [1.165, 1.54) is 0 Å². The molecule has 0 fully saturated rings. The molecular formula is C32H35N3O3. The van der Waals surface area contributed by atoms with Crippen LogP contribution in [0.4, 0.5) is 0 Å². The molecule has 1 aromatic heterocycles. The van der Waals surface area contributed by atoms with Gasteiger partial charge in [0.25, 0.3) is 0 Å². The highest BCUT2D eigenvalue weighted by molar-refractivity contribution is 6.05. The van der Waals surface area contributed by atoms with Crippen molar-refractivity contribution in [2.75, 3.05) is 7.11 Å². The Morgan fingerprint density at radius 1 is 0.974 bits per heavy atom. The summed E-state index contributed by atoms with van der Waals surface area (Å²) in [7, 11) is 3.62. The van der Waals surface area contributed by atoms with Crippen molar-refractivity contribution in [3.05, 3.63) is 101 Å². The van der Waals surface area contributed by atoms with Gasteiger partial charge in [0.15, 0.2) is 6.04 Å². The summed E-state index contributed by atoms with van der Waals surface area (Å²) in [4.78, 5) is 30.6. The molecule has 0 bridgehead atoms. The molecule has 0 radical (unpaired) electrons. The minimum atomic E-state index is -0.984. The summed E-state index contributed by atoms with van der Waals surface area (Å²) in [6.07, 6.45) is 0. The number of fused-ring (bicyclic) bond motifs is 3. The predicted molar refractivity (Wildman–Crippen MR) is 150 cm³/mol. The zero-order valence-corrected chi connectivity index (χ0v) is 22.9. The van der Waals surface area contributed by atoms with E-state index in [4.69, 9.17) is 4.74 Å². The Bertz CT molecular complexity index is 1500. The molecule has 0 aliphatic carbocycles. The van der Waals surface area contributed by atoms with Gasteiger partial charge in [-0.2, -0.15) is 0 Å². The molecular weight excluding hydrogens is 474 g/mol. The fourth-order valence-corrected chi connectivity index (χ4v) is 5.75. The van der Waals surface area contributed by atoms with Crippen molar-refractivity contribution in [1.29, 1.82) is 0 Å². The quantitative estimate of drug-likeness (QED) is 0.387. The van der Waals surface area contributed by atoms with Gasteiger partial charge in [-0.15, -0.1) is 0 Å². The first-order valence-corrected chi connectivity index (χ1v) is 13.0. The number of methoxy groups -OCH3 is 1. The van der Waals surface area contributed by atoms with Gasteiger partial charge in [-0.25, -0.2) is 0 Å². The molecule has 2 atom stereocenters. The van der Waals surface area contributed by atoms with Crippen LogP contribution in [-0.2, 0) is 28.6 Å². The number of rotatable bonds is 5. The zero-order chi connectivity index (χ0) is 27.2. The largest absolute Gasteiger partial charge is 0.497 e. The standard InChI is InChI=1S/C32H35N3O3/c1-31(2,3)33-29(36)28-27-26(24-14-10-11-15-25(24)34(27)5)32(4,22-12-8-7-9-13-22)30(37)35(28)20-21-16-18-23(38-6)19-17-21/h7-19,28H,20H2,1-6H3,(H,33,36)/t28-,32+/m1/s1. The van der Waals surface area contributed by atoms with Gasteiger partial charge in [0.1, 0.15) is 5.75 Å². The molecule has 196 valence electrons. The van der Waals surface area contributed by atoms with Gasteiger partial charge in [-0.3, -0.25) is 9.59 Å². The molecule has 6 heteroatoms. The highest BCUT2D eigenvalue weighted by Gasteiger charge is 2.53. The van der Waals surface area contributed by atoms with Crippen LogP contribution in [0.5, 0.6) is 5.75 Å². The lowest BCUT2D eigenvalue weighted by Crippen LogP contribution is -2.57. The van der Waals surface area contributed by atoms with Gasteiger partial charge in [0, 0.05) is 35.6 Å². The summed E-state index contributed by atoms with van der Waals surface area (Å²) in [5.41, 5.74) is 3.10. The predicted octanol–water partition coefficient (Wildman–Crippen LogP) is 5.49. The number of benzene rings is 3. The van der Waals surface area contributed by atoms with Crippen LogP contribution < -0.4 is 10.1 Å². The molecule has 6 nitrogen and oxygen atoms in total. The topological polar surface area (TPSA) is 63.6 Å². The second-order valence-electron chi connectivity index (χ2n) is 11.3. The minimum absolute atomic E-state index is 0.0996. The average molecular weight is 510 g/mol. The van der Waals surface area contributed by atoms with E-state index >= 15 is 0 Å². The molecule has 4 aromatic rings. The number of aryl methyl sites for hydroxylation is 1.